The van der Waals surface area contributed by atoms with Crippen LogP contribution in [0.1, 0.15) is 43.9 Å². The Morgan fingerprint density at radius 2 is 1.86 bits per heavy atom. The van der Waals surface area contributed by atoms with Crippen LogP contribution in [0.4, 0.5) is 0 Å². The monoisotopic (exact) mass is 384 g/mol. The number of amides is 1. The first-order valence-electron chi connectivity index (χ1n) is 9.02. The van der Waals surface area contributed by atoms with Crippen LogP contribution >= 0.6 is 0 Å². The molecule has 7 nitrogen and oxygen atoms in total. The zero-order valence-corrected chi connectivity index (χ0v) is 16.3. The minimum absolute atomic E-state index is 0.0222. The standard InChI is InChI=1S/C21H23NO6/c1-11-12(5-6-18(23)22-9-19(24)25)20(26)28-17-8-16-14(7-13(11)17)15(10-27-16)21(2,3)4/h7-8,10H,5-6,9H2,1-4H3,(H,22,23)(H,24,25)/p-1. The van der Waals surface area contributed by atoms with Gasteiger partial charge in [-0.25, -0.2) is 4.79 Å². The van der Waals surface area contributed by atoms with Gasteiger partial charge >= 0.3 is 5.63 Å². The van der Waals surface area contributed by atoms with Gasteiger partial charge in [-0.15, -0.1) is 0 Å². The van der Waals surface area contributed by atoms with Crippen molar-refractivity contribution >= 4 is 33.8 Å². The van der Waals surface area contributed by atoms with Crippen LogP contribution in [0.25, 0.3) is 21.9 Å². The number of carboxylic acid groups (broad SMARTS) is 1. The molecule has 148 valence electrons. The SMILES string of the molecule is Cc1c(CCC(=O)NCC(=O)[O-])c(=O)oc2cc3occ(C(C)(C)C)c3cc12. The summed E-state index contributed by atoms with van der Waals surface area (Å²) in [6, 6.07) is 3.66. The third kappa shape index (κ3) is 3.78. The fraction of sp³-hybridized carbons (Fsp3) is 0.381. The lowest BCUT2D eigenvalue weighted by atomic mass is 9.86. The highest BCUT2D eigenvalue weighted by Gasteiger charge is 2.21. The van der Waals surface area contributed by atoms with Gasteiger partial charge in [-0.05, 0) is 30.4 Å². The quantitative estimate of drug-likeness (QED) is 0.673. The number of fused-ring (bicyclic) bond motifs is 2. The molecule has 0 bridgehead atoms. The average Bonchev–Trinajstić information content (AvgIpc) is 3.01. The molecule has 0 radical (unpaired) electrons. The highest BCUT2D eigenvalue weighted by atomic mass is 16.4. The van der Waals surface area contributed by atoms with Crippen molar-refractivity contribution in [1.82, 2.24) is 5.32 Å². The third-order valence-corrected chi connectivity index (χ3v) is 4.82. The Morgan fingerprint density at radius 3 is 2.50 bits per heavy atom. The number of aryl methyl sites for hydroxylation is 1. The van der Waals surface area contributed by atoms with Crippen LogP contribution in [0.2, 0.25) is 0 Å². The maximum Gasteiger partial charge on any atom is 0.339 e. The topological polar surface area (TPSA) is 113 Å². The fourth-order valence-electron chi connectivity index (χ4n) is 3.28. The molecule has 0 saturated carbocycles. The summed E-state index contributed by atoms with van der Waals surface area (Å²) in [4.78, 5) is 34.6. The Balaban J connectivity index is 2.00. The van der Waals surface area contributed by atoms with Crippen molar-refractivity contribution in [2.75, 3.05) is 6.54 Å². The lowest BCUT2D eigenvalue weighted by Gasteiger charge is -2.16. The van der Waals surface area contributed by atoms with Gasteiger partial charge in [0.2, 0.25) is 5.91 Å². The first kappa shape index (κ1) is 19.7. The van der Waals surface area contributed by atoms with E-state index >= 15 is 0 Å². The van der Waals surface area contributed by atoms with E-state index in [-0.39, 0.29) is 18.3 Å². The number of hydrogen-bond donors (Lipinski definition) is 1. The van der Waals surface area contributed by atoms with Gasteiger partial charge in [0.25, 0.3) is 0 Å². The van der Waals surface area contributed by atoms with Gasteiger partial charge in [0.1, 0.15) is 11.2 Å². The van der Waals surface area contributed by atoms with Gasteiger partial charge in [-0.1, -0.05) is 20.8 Å². The predicted molar refractivity (Wildman–Crippen MR) is 102 cm³/mol. The molecule has 0 atom stereocenters. The Morgan fingerprint density at radius 1 is 1.14 bits per heavy atom. The lowest BCUT2D eigenvalue weighted by molar-refractivity contribution is -0.304. The van der Waals surface area contributed by atoms with E-state index in [1.165, 1.54) is 0 Å². The Bertz CT molecular complexity index is 1130. The van der Waals surface area contributed by atoms with Gasteiger partial charge in [0.05, 0.1) is 18.8 Å². The molecule has 0 unspecified atom stereocenters. The Kier molecular flexibility index (Phi) is 5.02. The van der Waals surface area contributed by atoms with Crippen molar-refractivity contribution in [3.8, 4) is 0 Å². The summed E-state index contributed by atoms with van der Waals surface area (Å²) in [5.41, 5.74) is 2.64. The first-order valence-corrected chi connectivity index (χ1v) is 9.02. The molecule has 0 aliphatic carbocycles. The first-order chi connectivity index (χ1) is 13.1. The second-order valence-electron chi connectivity index (χ2n) is 7.89. The zero-order chi connectivity index (χ0) is 20.6. The second kappa shape index (κ2) is 7.14. The lowest BCUT2D eigenvalue weighted by Crippen LogP contribution is -2.37. The molecule has 3 aromatic rings. The van der Waals surface area contributed by atoms with Crippen molar-refractivity contribution in [3.05, 3.63) is 45.5 Å². The molecule has 7 heteroatoms. The minimum Gasteiger partial charge on any atom is -0.548 e. The molecule has 1 amide bonds. The van der Waals surface area contributed by atoms with Crippen LogP contribution in [0.3, 0.4) is 0 Å². The number of carbonyl (C=O) groups excluding carboxylic acids is 2. The number of carbonyl (C=O) groups is 2. The average molecular weight is 384 g/mol. The van der Waals surface area contributed by atoms with Crippen molar-refractivity contribution in [3.63, 3.8) is 0 Å². The number of furan rings is 1. The highest BCUT2D eigenvalue weighted by Crippen LogP contribution is 2.35. The van der Waals surface area contributed by atoms with Gasteiger partial charge in [0, 0.05) is 34.4 Å². The summed E-state index contributed by atoms with van der Waals surface area (Å²) >= 11 is 0. The van der Waals surface area contributed by atoms with Gasteiger partial charge in [0.15, 0.2) is 0 Å². The summed E-state index contributed by atoms with van der Waals surface area (Å²) in [7, 11) is 0. The van der Waals surface area contributed by atoms with Crippen LogP contribution in [0.5, 0.6) is 0 Å². The van der Waals surface area contributed by atoms with E-state index in [1.807, 2.05) is 13.0 Å². The van der Waals surface area contributed by atoms with Gasteiger partial charge in [-0.3, -0.25) is 4.79 Å². The van der Waals surface area contributed by atoms with E-state index in [9.17, 15) is 19.5 Å². The molecule has 3 rings (SSSR count). The zero-order valence-electron chi connectivity index (χ0n) is 16.3. The largest absolute Gasteiger partial charge is 0.548 e. The predicted octanol–water partition coefficient (Wildman–Crippen LogP) is 1.94. The molecule has 2 heterocycles. The van der Waals surface area contributed by atoms with Gasteiger partial charge in [-0.2, -0.15) is 0 Å². The van der Waals surface area contributed by atoms with Gasteiger partial charge < -0.3 is 24.1 Å². The summed E-state index contributed by atoms with van der Waals surface area (Å²) in [6.07, 6.45) is 1.85. The molecular weight excluding hydrogens is 362 g/mol. The Hall–Kier alpha value is -3.09. The third-order valence-electron chi connectivity index (χ3n) is 4.82. The van der Waals surface area contributed by atoms with Crippen LogP contribution in [0, 0.1) is 6.92 Å². The van der Waals surface area contributed by atoms with Crippen LogP contribution in [-0.2, 0) is 21.4 Å². The van der Waals surface area contributed by atoms with Crippen LogP contribution < -0.4 is 16.0 Å². The smallest absolute Gasteiger partial charge is 0.339 e. The van der Waals surface area contributed by atoms with Crippen molar-refractivity contribution in [1.29, 1.82) is 0 Å². The normalized spacial score (nSPS) is 11.9. The van der Waals surface area contributed by atoms with Crippen LogP contribution in [0.15, 0.2) is 32.0 Å². The summed E-state index contributed by atoms with van der Waals surface area (Å²) in [5.74, 6) is -1.84. The maximum atomic E-state index is 12.4. The molecule has 28 heavy (non-hydrogen) atoms. The van der Waals surface area contributed by atoms with E-state index in [2.05, 4.69) is 26.1 Å². The Labute approximate surface area is 161 Å². The van der Waals surface area contributed by atoms with Crippen molar-refractivity contribution < 1.29 is 23.5 Å². The second-order valence-corrected chi connectivity index (χ2v) is 7.89. The molecular formula is C21H22NO6-. The molecule has 0 saturated heterocycles. The summed E-state index contributed by atoms with van der Waals surface area (Å²) in [6.45, 7) is 7.54. The number of carboxylic acids is 1. The number of rotatable bonds is 5. The highest BCUT2D eigenvalue weighted by molar-refractivity contribution is 5.96. The number of benzene rings is 1. The van der Waals surface area contributed by atoms with E-state index in [0.717, 1.165) is 21.9 Å². The van der Waals surface area contributed by atoms with E-state index < -0.39 is 24.0 Å². The molecule has 0 spiro atoms. The number of aliphatic carboxylic acids is 1. The molecule has 1 aromatic carbocycles. The minimum atomic E-state index is -1.37. The van der Waals surface area contributed by atoms with Crippen LogP contribution in [-0.4, -0.2) is 18.4 Å². The molecule has 1 N–H and O–H groups in total. The van der Waals surface area contributed by atoms with E-state index in [4.69, 9.17) is 8.83 Å². The number of nitrogens with one attached hydrogen (secondary N) is 1. The number of hydrogen-bond acceptors (Lipinski definition) is 6. The molecule has 0 fully saturated rings. The fourth-order valence-corrected chi connectivity index (χ4v) is 3.28. The maximum absolute atomic E-state index is 12.4. The molecule has 0 aliphatic heterocycles. The van der Waals surface area contributed by atoms with E-state index in [0.29, 0.717) is 16.7 Å². The van der Waals surface area contributed by atoms with Crippen molar-refractivity contribution in [2.45, 2.75) is 46.0 Å². The summed E-state index contributed by atoms with van der Waals surface area (Å²) < 4.78 is 11.1. The molecule has 0 aliphatic rings. The summed E-state index contributed by atoms with van der Waals surface area (Å²) in [5, 5.41) is 14.4. The van der Waals surface area contributed by atoms with E-state index in [1.54, 1.807) is 12.3 Å². The van der Waals surface area contributed by atoms with Crippen molar-refractivity contribution in [2.24, 2.45) is 0 Å². The molecule has 2 aromatic heterocycles.